The number of hydrogen-bond donors (Lipinski definition) is 1. The van der Waals surface area contributed by atoms with Crippen molar-refractivity contribution in [2.75, 3.05) is 11.5 Å². The van der Waals surface area contributed by atoms with Crippen LogP contribution in [0.4, 0.5) is 10.1 Å². The summed E-state index contributed by atoms with van der Waals surface area (Å²) in [7, 11) is 0. The Morgan fingerprint density at radius 1 is 1.00 bits per heavy atom. The second kappa shape index (κ2) is 9.28. The first-order chi connectivity index (χ1) is 15.9. The number of Topliss-reactive ketones (excluding diaryl/α,β-unsaturated/α-hetero) is 1. The van der Waals surface area contributed by atoms with Gasteiger partial charge in [-0.2, -0.15) is 0 Å². The molecule has 0 radical (unpaired) electrons. The van der Waals surface area contributed by atoms with E-state index in [0.29, 0.717) is 29.4 Å². The van der Waals surface area contributed by atoms with Crippen LogP contribution in [-0.4, -0.2) is 23.4 Å². The largest absolute Gasteiger partial charge is 0.507 e. The Balaban J connectivity index is 1.80. The Morgan fingerprint density at radius 2 is 1.70 bits per heavy atom. The number of hydrogen-bond acceptors (Lipinski definition) is 4. The fraction of sp³-hybridized carbons (Fsp3) is 0.185. The molecule has 33 heavy (non-hydrogen) atoms. The predicted molar refractivity (Wildman–Crippen MR) is 124 cm³/mol. The maximum absolute atomic E-state index is 13.9. The van der Waals surface area contributed by atoms with Crippen LogP contribution in [-0.2, 0) is 9.59 Å². The van der Waals surface area contributed by atoms with Crippen molar-refractivity contribution >= 4 is 23.1 Å². The minimum atomic E-state index is -0.898. The van der Waals surface area contributed by atoms with E-state index in [-0.39, 0.29) is 17.0 Å². The van der Waals surface area contributed by atoms with Crippen molar-refractivity contribution in [3.63, 3.8) is 0 Å². The molecule has 6 heteroatoms. The lowest BCUT2D eigenvalue weighted by molar-refractivity contribution is -0.132. The molecule has 3 aromatic rings. The standard InChI is InChI=1S/C27H24FNO4/c1-17(2)16-33-22-13-11-19(12-14-22)25(30)23-24(18-7-4-3-5-8-18)29(27(32)26(23)31)21-10-6-9-20(28)15-21/h3-15,17,24,30H,16H2,1-2H3/b25-23+. The number of nitrogens with zero attached hydrogens (tertiary/aromatic N) is 1. The third-order valence-electron chi connectivity index (χ3n) is 5.36. The Kier molecular flexibility index (Phi) is 6.27. The zero-order valence-corrected chi connectivity index (χ0v) is 18.4. The minimum absolute atomic E-state index is 0.0497. The second-order valence-electron chi connectivity index (χ2n) is 8.29. The molecule has 168 valence electrons. The third-order valence-corrected chi connectivity index (χ3v) is 5.36. The van der Waals surface area contributed by atoms with Gasteiger partial charge in [0.1, 0.15) is 17.3 Å². The molecule has 0 aliphatic carbocycles. The summed E-state index contributed by atoms with van der Waals surface area (Å²) in [4.78, 5) is 27.4. The van der Waals surface area contributed by atoms with Gasteiger partial charge in [0.2, 0.25) is 0 Å². The molecule has 0 spiro atoms. The number of ether oxygens (including phenoxy) is 1. The lowest BCUT2D eigenvalue weighted by Crippen LogP contribution is -2.29. The summed E-state index contributed by atoms with van der Waals surface area (Å²) >= 11 is 0. The third kappa shape index (κ3) is 4.51. The fourth-order valence-electron chi connectivity index (χ4n) is 3.80. The average molecular weight is 445 g/mol. The molecule has 1 fully saturated rings. The SMILES string of the molecule is CC(C)COc1ccc(/C(O)=C2\C(=O)C(=O)N(c3cccc(F)c3)C2c2ccccc2)cc1. The highest BCUT2D eigenvalue weighted by Crippen LogP contribution is 2.42. The fourth-order valence-corrected chi connectivity index (χ4v) is 3.80. The molecular weight excluding hydrogens is 421 g/mol. The average Bonchev–Trinajstić information content (AvgIpc) is 3.08. The van der Waals surface area contributed by atoms with Crippen molar-refractivity contribution in [2.24, 2.45) is 5.92 Å². The van der Waals surface area contributed by atoms with Crippen molar-refractivity contribution in [3.8, 4) is 5.75 Å². The van der Waals surface area contributed by atoms with Gasteiger partial charge in [0.15, 0.2) is 0 Å². The summed E-state index contributed by atoms with van der Waals surface area (Å²) in [5, 5.41) is 11.1. The van der Waals surface area contributed by atoms with E-state index in [9.17, 15) is 19.1 Å². The summed E-state index contributed by atoms with van der Waals surface area (Å²) in [5.41, 5.74) is 1.19. The van der Waals surface area contributed by atoms with Crippen molar-refractivity contribution in [2.45, 2.75) is 19.9 Å². The summed E-state index contributed by atoms with van der Waals surface area (Å²) in [6.45, 7) is 4.64. The predicted octanol–water partition coefficient (Wildman–Crippen LogP) is 5.49. The minimum Gasteiger partial charge on any atom is -0.507 e. The van der Waals surface area contributed by atoms with Gasteiger partial charge in [-0.25, -0.2) is 4.39 Å². The zero-order valence-electron chi connectivity index (χ0n) is 18.4. The van der Waals surface area contributed by atoms with Crippen LogP contribution in [0.5, 0.6) is 5.75 Å². The van der Waals surface area contributed by atoms with E-state index in [1.807, 2.05) is 19.9 Å². The van der Waals surface area contributed by atoms with Crippen LogP contribution in [0.3, 0.4) is 0 Å². The van der Waals surface area contributed by atoms with Gasteiger partial charge in [0.25, 0.3) is 11.7 Å². The van der Waals surface area contributed by atoms with Crippen LogP contribution in [0.1, 0.15) is 31.0 Å². The van der Waals surface area contributed by atoms with Gasteiger partial charge in [0, 0.05) is 11.3 Å². The number of anilines is 1. The molecule has 4 rings (SSSR count). The van der Waals surface area contributed by atoms with Crippen LogP contribution in [0, 0.1) is 11.7 Å². The molecule has 0 aromatic heterocycles. The summed E-state index contributed by atoms with van der Waals surface area (Å²) in [6, 6.07) is 20.2. The lowest BCUT2D eigenvalue weighted by Gasteiger charge is -2.25. The second-order valence-corrected chi connectivity index (χ2v) is 8.29. The highest BCUT2D eigenvalue weighted by atomic mass is 19.1. The number of benzene rings is 3. The molecule has 0 bridgehead atoms. The number of halogens is 1. The van der Waals surface area contributed by atoms with Crippen LogP contribution in [0.15, 0.2) is 84.4 Å². The van der Waals surface area contributed by atoms with E-state index < -0.39 is 23.5 Å². The summed E-state index contributed by atoms with van der Waals surface area (Å²) in [6.07, 6.45) is 0. The smallest absolute Gasteiger partial charge is 0.300 e. The number of carbonyl (C=O) groups excluding carboxylic acids is 2. The number of amides is 1. The topological polar surface area (TPSA) is 66.8 Å². The van der Waals surface area contributed by atoms with Gasteiger partial charge in [-0.3, -0.25) is 14.5 Å². The van der Waals surface area contributed by atoms with Gasteiger partial charge < -0.3 is 9.84 Å². The van der Waals surface area contributed by atoms with Crippen molar-refractivity contribution < 1.29 is 23.8 Å². The zero-order chi connectivity index (χ0) is 23.5. The molecule has 1 saturated heterocycles. The van der Waals surface area contributed by atoms with Crippen LogP contribution < -0.4 is 9.64 Å². The first-order valence-corrected chi connectivity index (χ1v) is 10.7. The molecule has 1 aliphatic rings. The number of aliphatic hydroxyl groups is 1. The van der Waals surface area contributed by atoms with E-state index >= 15 is 0 Å². The molecule has 1 aliphatic heterocycles. The maximum Gasteiger partial charge on any atom is 0.300 e. The summed E-state index contributed by atoms with van der Waals surface area (Å²) < 4.78 is 19.6. The molecule has 1 unspecified atom stereocenters. The Morgan fingerprint density at radius 3 is 2.33 bits per heavy atom. The van der Waals surface area contributed by atoms with E-state index in [1.54, 1.807) is 54.6 Å². The van der Waals surface area contributed by atoms with E-state index in [0.717, 1.165) is 0 Å². The maximum atomic E-state index is 13.9. The number of ketones is 1. The number of carbonyl (C=O) groups is 2. The number of rotatable bonds is 6. The van der Waals surface area contributed by atoms with Gasteiger partial charge >= 0.3 is 0 Å². The van der Waals surface area contributed by atoms with Crippen LogP contribution >= 0.6 is 0 Å². The quantitative estimate of drug-likeness (QED) is 0.310. The van der Waals surface area contributed by atoms with E-state index in [1.165, 1.54) is 23.1 Å². The Hall–Kier alpha value is -3.93. The first kappa shape index (κ1) is 22.3. The molecule has 1 heterocycles. The Labute approximate surface area is 191 Å². The van der Waals surface area contributed by atoms with E-state index in [2.05, 4.69) is 0 Å². The molecule has 5 nitrogen and oxygen atoms in total. The van der Waals surface area contributed by atoms with Crippen LogP contribution in [0.25, 0.3) is 5.76 Å². The molecule has 0 saturated carbocycles. The molecule has 1 atom stereocenters. The van der Waals surface area contributed by atoms with Gasteiger partial charge in [-0.05, 0) is 53.9 Å². The van der Waals surface area contributed by atoms with E-state index in [4.69, 9.17) is 4.74 Å². The van der Waals surface area contributed by atoms with Crippen molar-refractivity contribution in [1.82, 2.24) is 0 Å². The van der Waals surface area contributed by atoms with Crippen molar-refractivity contribution in [1.29, 1.82) is 0 Å². The highest BCUT2D eigenvalue weighted by molar-refractivity contribution is 6.51. The van der Waals surface area contributed by atoms with Gasteiger partial charge in [-0.15, -0.1) is 0 Å². The van der Waals surface area contributed by atoms with Gasteiger partial charge in [0.05, 0.1) is 18.2 Å². The monoisotopic (exact) mass is 445 g/mol. The molecule has 3 aromatic carbocycles. The molecule has 1 amide bonds. The van der Waals surface area contributed by atoms with Crippen molar-refractivity contribution in [3.05, 3.63) is 101 Å². The number of aliphatic hydroxyl groups excluding tert-OH is 1. The lowest BCUT2D eigenvalue weighted by atomic mass is 9.95. The first-order valence-electron chi connectivity index (χ1n) is 10.7. The Bertz CT molecular complexity index is 1200. The summed E-state index contributed by atoms with van der Waals surface area (Å²) in [5.74, 6) is -1.48. The normalized spacial score (nSPS) is 17.6. The van der Waals surface area contributed by atoms with Crippen LogP contribution in [0.2, 0.25) is 0 Å². The molecule has 1 N–H and O–H groups in total. The molecular formula is C27H24FNO4. The highest BCUT2D eigenvalue weighted by Gasteiger charge is 2.47. The van der Waals surface area contributed by atoms with Gasteiger partial charge in [-0.1, -0.05) is 50.2 Å².